The van der Waals surface area contributed by atoms with Gasteiger partial charge in [0.2, 0.25) is 0 Å². The molecule has 0 aromatic rings. The van der Waals surface area contributed by atoms with Crippen molar-refractivity contribution in [3.05, 3.63) is 12.2 Å². The summed E-state index contributed by atoms with van der Waals surface area (Å²) in [6, 6.07) is 0. The third kappa shape index (κ3) is 4.81. The Morgan fingerprint density at radius 1 is 1.33 bits per heavy atom. The van der Waals surface area contributed by atoms with Crippen LogP contribution in [-0.2, 0) is 14.3 Å². The fourth-order valence-electron chi connectivity index (χ4n) is 2.25. The van der Waals surface area contributed by atoms with Crippen LogP contribution in [0, 0.1) is 11.8 Å². The van der Waals surface area contributed by atoms with Crippen LogP contribution in [0.15, 0.2) is 12.2 Å². The second-order valence-electron chi connectivity index (χ2n) is 5.04. The lowest BCUT2D eigenvalue weighted by atomic mass is 9.85. The molecule has 0 N–H and O–H groups in total. The van der Waals surface area contributed by atoms with Crippen LogP contribution in [0.4, 0.5) is 0 Å². The number of hydrogen-bond donors (Lipinski definition) is 0. The van der Waals surface area contributed by atoms with E-state index in [1.807, 2.05) is 6.92 Å². The Bertz CT molecular complexity index is 273. The van der Waals surface area contributed by atoms with E-state index in [9.17, 15) is 4.79 Å². The molecular weight excluding hydrogens is 228 g/mol. The number of rotatable bonds is 7. The average Bonchev–Trinajstić information content (AvgIpc) is 2.36. The summed E-state index contributed by atoms with van der Waals surface area (Å²) in [7, 11) is 0. The van der Waals surface area contributed by atoms with Crippen molar-refractivity contribution in [3.8, 4) is 0 Å². The molecule has 1 aliphatic rings. The van der Waals surface area contributed by atoms with Gasteiger partial charge in [0, 0.05) is 0 Å². The Morgan fingerprint density at radius 2 is 2.06 bits per heavy atom. The van der Waals surface area contributed by atoms with Crippen molar-refractivity contribution in [2.45, 2.75) is 52.6 Å². The van der Waals surface area contributed by atoms with Gasteiger partial charge in [-0.25, -0.2) is 4.79 Å². The van der Waals surface area contributed by atoms with Crippen molar-refractivity contribution in [1.29, 1.82) is 0 Å². The van der Waals surface area contributed by atoms with E-state index in [-0.39, 0.29) is 12.1 Å². The van der Waals surface area contributed by atoms with Crippen molar-refractivity contribution in [1.82, 2.24) is 0 Å². The molecule has 0 fully saturated rings. The van der Waals surface area contributed by atoms with Crippen molar-refractivity contribution >= 4 is 5.97 Å². The van der Waals surface area contributed by atoms with Crippen LogP contribution in [0.25, 0.3) is 0 Å². The minimum Gasteiger partial charge on any atom is -0.464 e. The van der Waals surface area contributed by atoms with Gasteiger partial charge >= 0.3 is 5.97 Å². The largest absolute Gasteiger partial charge is 0.464 e. The van der Waals surface area contributed by atoms with Crippen LogP contribution in [0.1, 0.15) is 46.5 Å². The minimum absolute atomic E-state index is 0.210. The van der Waals surface area contributed by atoms with Gasteiger partial charge in [-0.2, -0.15) is 0 Å². The maximum atomic E-state index is 11.7. The Balaban J connectivity index is 2.41. The molecule has 0 saturated heterocycles. The number of hydrogen-bond acceptors (Lipinski definition) is 3. The predicted molar refractivity (Wildman–Crippen MR) is 72.3 cm³/mol. The van der Waals surface area contributed by atoms with Gasteiger partial charge < -0.3 is 9.47 Å². The Labute approximate surface area is 111 Å². The van der Waals surface area contributed by atoms with Gasteiger partial charge in [-0.15, -0.1) is 0 Å². The van der Waals surface area contributed by atoms with Crippen molar-refractivity contribution in [2.24, 2.45) is 11.8 Å². The summed E-state index contributed by atoms with van der Waals surface area (Å²) in [5.41, 5.74) is 0. The minimum atomic E-state index is -0.381. The highest BCUT2D eigenvalue weighted by molar-refractivity contribution is 5.74. The summed E-state index contributed by atoms with van der Waals surface area (Å²) in [5.74, 6) is 0.960. The smallest absolute Gasteiger partial charge is 0.335 e. The van der Waals surface area contributed by atoms with E-state index in [0.717, 1.165) is 25.7 Å². The zero-order valence-corrected chi connectivity index (χ0v) is 11.9. The van der Waals surface area contributed by atoms with Crippen LogP contribution < -0.4 is 0 Å². The molecule has 18 heavy (non-hydrogen) atoms. The highest BCUT2D eigenvalue weighted by atomic mass is 16.6. The van der Waals surface area contributed by atoms with Gasteiger partial charge in [-0.05, 0) is 38.0 Å². The van der Waals surface area contributed by atoms with E-state index in [1.54, 1.807) is 0 Å². The Morgan fingerprint density at radius 3 is 2.67 bits per heavy atom. The summed E-state index contributed by atoms with van der Waals surface area (Å²) in [5, 5.41) is 0. The van der Waals surface area contributed by atoms with Gasteiger partial charge in [-0.1, -0.05) is 32.4 Å². The fourth-order valence-corrected chi connectivity index (χ4v) is 2.25. The van der Waals surface area contributed by atoms with Gasteiger partial charge in [-0.3, -0.25) is 0 Å². The molecule has 0 radical (unpaired) electrons. The quantitative estimate of drug-likeness (QED) is 0.516. The molecule has 0 bridgehead atoms. The SMILES string of the molecule is CCCC(OCC1CC=CCC1C)C(=O)OCC. The molecule has 3 heteroatoms. The lowest BCUT2D eigenvalue weighted by Gasteiger charge is -2.26. The Hall–Kier alpha value is -0.830. The van der Waals surface area contributed by atoms with Gasteiger partial charge in [0.1, 0.15) is 0 Å². The molecule has 0 spiro atoms. The van der Waals surface area contributed by atoms with Gasteiger partial charge in [0.25, 0.3) is 0 Å². The maximum absolute atomic E-state index is 11.7. The molecule has 104 valence electrons. The summed E-state index contributed by atoms with van der Waals surface area (Å²) in [6.45, 7) is 7.22. The first-order chi connectivity index (χ1) is 8.69. The number of carbonyl (C=O) groups is 1. The zero-order valence-electron chi connectivity index (χ0n) is 11.9. The summed E-state index contributed by atoms with van der Waals surface area (Å²) in [4.78, 5) is 11.7. The van der Waals surface area contributed by atoms with Crippen molar-refractivity contribution in [2.75, 3.05) is 13.2 Å². The van der Waals surface area contributed by atoms with E-state index >= 15 is 0 Å². The normalized spacial score (nSPS) is 24.8. The van der Waals surface area contributed by atoms with Crippen LogP contribution in [-0.4, -0.2) is 25.3 Å². The first-order valence-corrected chi connectivity index (χ1v) is 7.12. The summed E-state index contributed by atoms with van der Waals surface area (Å²) >= 11 is 0. The molecular formula is C15H26O3. The van der Waals surface area contributed by atoms with Crippen LogP contribution in [0.2, 0.25) is 0 Å². The average molecular weight is 254 g/mol. The number of allylic oxidation sites excluding steroid dienone is 2. The Kier molecular flexibility index (Phi) is 7.02. The zero-order chi connectivity index (χ0) is 13.4. The topological polar surface area (TPSA) is 35.5 Å². The van der Waals surface area contributed by atoms with E-state index in [4.69, 9.17) is 9.47 Å². The maximum Gasteiger partial charge on any atom is 0.335 e. The highest BCUT2D eigenvalue weighted by Crippen LogP contribution is 2.25. The van der Waals surface area contributed by atoms with E-state index in [0.29, 0.717) is 25.0 Å². The predicted octanol–water partition coefficient (Wildman–Crippen LogP) is 3.34. The first kappa shape index (κ1) is 15.2. The van der Waals surface area contributed by atoms with Crippen LogP contribution in [0.5, 0.6) is 0 Å². The van der Waals surface area contributed by atoms with E-state index < -0.39 is 0 Å². The fraction of sp³-hybridized carbons (Fsp3) is 0.800. The standard InChI is InChI=1S/C15H26O3/c1-4-8-14(15(16)17-5-2)18-11-13-10-7-6-9-12(13)3/h6-7,12-14H,4-5,8-11H2,1-3H3. The molecule has 0 saturated carbocycles. The second-order valence-corrected chi connectivity index (χ2v) is 5.04. The third-order valence-corrected chi connectivity index (χ3v) is 3.53. The van der Waals surface area contributed by atoms with Crippen molar-refractivity contribution < 1.29 is 14.3 Å². The lowest BCUT2D eigenvalue weighted by molar-refractivity contribution is -0.158. The molecule has 0 aliphatic heterocycles. The molecule has 3 atom stereocenters. The van der Waals surface area contributed by atoms with E-state index in [2.05, 4.69) is 26.0 Å². The van der Waals surface area contributed by atoms with Gasteiger partial charge in [0.15, 0.2) is 6.10 Å². The summed E-state index contributed by atoms with van der Waals surface area (Å²) in [6.07, 6.45) is 7.92. The van der Waals surface area contributed by atoms with E-state index in [1.165, 1.54) is 0 Å². The molecule has 3 unspecified atom stereocenters. The van der Waals surface area contributed by atoms with Crippen molar-refractivity contribution in [3.63, 3.8) is 0 Å². The number of ether oxygens (including phenoxy) is 2. The monoisotopic (exact) mass is 254 g/mol. The van der Waals surface area contributed by atoms with Gasteiger partial charge in [0.05, 0.1) is 13.2 Å². The number of esters is 1. The molecule has 1 rings (SSSR count). The van der Waals surface area contributed by atoms with Crippen LogP contribution >= 0.6 is 0 Å². The molecule has 0 aromatic carbocycles. The molecule has 0 heterocycles. The summed E-state index contributed by atoms with van der Waals surface area (Å²) < 4.78 is 10.8. The van der Waals surface area contributed by atoms with Crippen LogP contribution in [0.3, 0.4) is 0 Å². The molecule has 0 aromatic heterocycles. The second kappa shape index (κ2) is 8.30. The molecule has 3 nitrogen and oxygen atoms in total. The highest BCUT2D eigenvalue weighted by Gasteiger charge is 2.24. The number of carbonyl (C=O) groups excluding carboxylic acids is 1. The molecule has 1 aliphatic carbocycles. The lowest BCUT2D eigenvalue weighted by Crippen LogP contribution is -2.30. The third-order valence-electron chi connectivity index (χ3n) is 3.53. The molecule has 0 amide bonds. The first-order valence-electron chi connectivity index (χ1n) is 7.12.